The fourth-order valence-corrected chi connectivity index (χ4v) is 4.51. The standard InChI is InChI=1S/C30H23FN2O3/c1-18-10-11-19(2)27(14-18)33-29(35)26(28(34)32-30(33)36)17-25-22(15-20-6-5-8-23(31)16-20)13-12-21-7-3-4-9-24(21)25/h3-14,16-17H,15H2,1-2H3,(H,32,34,36)/b26-17+. The Morgan fingerprint density at radius 2 is 1.69 bits per heavy atom. The van der Waals surface area contributed by atoms with E-state index in [1.54, 1.807) is 25.1 Å². The number of anilines is 1. The molecule has 4 aromatic rings. The summed E-state index contributed by atoms with van der Waals surface area (Å²) in [5, 5.41) is 4.08. The Morgan fingerprint density at radius 3 is 2.50 bits per heavy atom. The third-order valence-corrected chi connectivity index (χ3v) is 6.34. The number of benzene rings is 4. The summed E-state index contributed by atoms with van der Waals surface area (Å²) in [4.78, 5) is 40.2. The molecule has 1 aliphatic rings. The Kier molecular flexibility index (Phi) is 5.94. The number of nitrogens with zero attached hydrogens (tertiary/aromatic N) is 1. The average Bonchev–Trinajstić information content (AvgIpc) is 2.84. The predicted octanol–water partition coefficient (Wildman–Crippen LogP) is 5.85. The van der Waals surface area contributed by atoms with Crippen molar-refractivity contribution in [3.05, 3.63) is 118 Å². The maximum absolute atomic E-state index is 13.9. The number of imide groups is 2. The topological polar surface area (TPSA) is 66.5 Å². The first-order chi connectivity index (χ1) is 17.3. The number of nitrogens with one attached hydrogen (secondary N) is 1. The molecule has 0 unspecified atom stereocenters. The molecule has 1 fully saturated rings. The highest BCUT2D eigenvalue weighted by atomic mass is 19.1. The lowest BCUT2D eigenvalue weighted by molar-refractivity contribution is -0.122. The third kappa shape index (κ3) is 4.29. The molecule has 36 heavy (non-hydrogen) atoms. The van der Waals surface area contributed by atoms with E-state index in [2.05, 4.69) is 5.32 Å². The van der Waals surface area contributed by atoms with Crippen molar-refractivity contribution in [2.45, 2.75) is 20.3 Å². The van der Waals surface area contributed by atoms with Crippen LogP contribution in [0.15, 0.2) is 84.4 Å². The molecule has 1 N–H and O–H groups in total. The number of hydrogen-bond donors (Lipinski definition) is 1. The van der Waals surface area contributed by atoms with Gasteiger partial charge in [-0.1, -0.05) is 60.7 Å². The van der Waals surface area contributed by atoms with Gasteiger partial charge in [-0.25, -0.2) is 14.1 Å². The molecule has 0 bridgehead atoms. The van der Waals surface area contributed by atoms with E-state index in [1.807, 2.05) is 61.5 Å². The maximum Gasteiger partial charge on any atom is 0.335 e. The molecule has 0 atom stereocenters. The highest BCUT2D eigenvalue weighted by Crippen LogP contribution is 2.30. The Bertz CT molecular complexity index is 1590. The van der Waals surface area contributed by atoms with Crippen LogP contribution in [-0.4, -0.2) is 17.8 Å². The van der Waals surface area contributed by atoms with Gasteiger partial charge < -0.3 is 0 Å². The fourth-order valence-electron chi connectivity index (χ4n) is 4.51. The normalized spacial score (nSPS) is 15.0. The van der Waals surface area contributed by atoms with Gasteiger partial charge in [0.25, 0.3) is 11.8 Å². The highest BCUT2D eigenvalue weighted by Gasteiger charge is 2.37. The van der Waals surface area contributed by atoms with Gasteiger partial charge in [0.05, 0.1) is 5.69 Å². The zero-order valence-electron chi connectivity index (χ0n) is 19.8. The number of carbonyl (C=O) groups is 3. The number of barbiturate groups is 1. The molecule has 4 amide bonds. The number of aryl methyl sites for hydroxylation is 2. The van der Waals surface area contributed by atoms with Crippen molar-refractivity contribution in [1.29, 1.82) is 0 Å². The molecule has 0 saturated carbocycles. The summed E-state index contributed by atoms with van der Waals surface area (Å²) >= 11 is 0. The van der Waals surface area contributed by atoms with Gasteiger partial charge in [-0.15, -0.1) is 0 Å². The van der Waals surface area contributed by atoms with Gasteiger partial charge in [-0.3, -0.25) is 14.9 Å². The molecular weight excluding hydrogens is 455 g/mol. The summed E-state index contributed by atoms with van der Waals surface area (Å²) in [7, 11) is 0. The molecule has 6 heteroatoms. The van der Waals surface area contributed by atoms with Gasteiger partial charge in [-0.2, -0.15) is 0 Å². The summed E-state index contributed by atoms with van der Waals surface area (Å²) in [5.74, 6) is -1.78. The number of amides is 4. The van der Waals surface area contributed by atoms with Gasteiger partial charge in [0.1, 0.15) is 11.4 Å². The lowest BCUT2D eigenvalue weighted by Crippen LogP contribution is -2.54. The van der Waals surface area contributed by atoms with Crippen molar-refractivity contribution < 1.29 is 18.8 Å². The second-order valence-corrected chi connectivity index (χ2v) is 8.91. The molecule has 1 heterocycles. The van der Waals surface area contributed by atoms with Gasteiger partial charge in [0.2, 0.25) is 0 Å². The largest absolute Gasteiger partial charge is 0.335 e. The summed E-state index contributed by atoms with van der Waals surface area (Å²) in [6, 6.07) is 22.5. The van der Waals surface area contributed by atoms with E-state index < -0.39 is 17.8 Å². The van der Waals surface area contributed by atoms with E-state index in [0.29, 0.717) is 17.7 Å². The smallest absolute Gasteiger partial charge is 0.273 e. The lowest BCUT2D eigenvalue weighted by Gasteiger charge is -2.28. The van der Waals surface area contributed by atoms with Crippen LogP contribution in [0.5, 0.6) is 0 Å². The zero-order chi connectivity index (χ0) is 25.4. The van der Waals surface area contributed by atoms with Crippen molar-refractivity contribution in [3.8, 4) is 0 Å². The van der Waals surface area contributed by atoms with Crippen LogP contribution in [0.2, 0.25) is 0 Å². The van der Waals surface area contributed by atoms with Crippen molar-refractivity contribution in [3.63, 3.8) is 0 Å². The van der Waals surface area contributed by atoms with Crippen LogP contribution in [0.4, 0.5) is 14.9 Å². The van der Waals surface area contributed by atoms with Crippen molar-refractivity contribution in [2.75, 3.05) is 4.90 Å². The molecule has 0 aromatic heterocycles. The van der Waals surface area contributed by atoms with E-state index in [0.717, 1.165) is 37.9 Å². The minimum atomic E-state index is -0.784. The molecule has 0 aliphatic carbocycles. The minimum absolute atomic E-state index is 0.146. The first-order valence-corrected chi connectivity index (χ1v) is 11.6. The first-order valence-electron chi connectivity index (χ1n) is 11.6. The zero-order valence-corrected chi connectivity index (χ0v) is 19.8. The summed E-state index contributed by atoms with van der Waals surface area (Å²) in [6.07, 6.45) is 1.94. The molecular formula is C30H23FN2O3. The molecule has 1 saturated heterocycles. The second kappa shape index (κ2) is 9.23. The van der Waals surface area contributed by atoms with Gasteiger partial charge >= 0.3 is 6.03 Å². The van der Waals surface area contributed by atoms with E-state index in [4.69, 9.17) is 0 Å². The summed E-state index contributed by atoms with van der Waals surface area (Å²) < 4.78 is 13.9. The van der Waals surface area contributed by atoms with Crippen LogP contribution in [0.1, 0.15) is 27.8 Å². The SMILES string of the molecule is Cc1ccc(C)c(N2C(=O)NC(=O)/C(=C\c3c(Cc4cccc(F)c4)ccc4ccccc34)C2=O)c1. The second-order valence-electron chi connectivity index (χ2n) is 8.91. The van der Waals surface area contributed by atoms with E-state index >= 15 is 0 Å². The van der Waals surface area contributed by atoms with Crippen molar-refractivity contribution in [1.82, 2.24) is 5.32 Å². The molecule has 1 aliphatic heterocycles. The summed E-state index contributed by atoms with van der Waals surface area (Å²) in [6.45, 7) is 3.67. The van der Waals surface area contributed by atoms with Crippen LogP contribution in [-0.2, 0) is 16.0 Å². The van der Waals surface area contributed by atoms with Crippen molar-refractivity contribution >= 4 is 40.4 Å². The van der Waals surface area contributed by atoms with Crippen LogP contribution < -0.4 is 10.2 Å². The van der Waals surface area contributed by atoms with Gasteiger partial charge in [0, 0.05) is 0 Å². The first kappa shape index (κ1) is 23.2. The number of halogens is 1. The molecule has 178 valence electrons. The number of fused-ring (bicyclic) bond motifs is 1. The quantitative estimate of drug-likeness (QED) is 0.295. The van der Waals surface area contributed by atoms with E-state index in [9.17, 15) is 18.8 Å². The fraction of sp³-hybridized carbons (Fsp3) is 0.100. The Labute approximate surface area is 207 Å². The van der Waals surface area contributed by atoms with E-state index in [-0.39, 0.29) is 11.4 Å². The number of urea groups is 1. The lowest BCUT2D eigenvalue weighted by atomic mass is 9.92. The van der Waals surface area contributed by atoms with Crippen LogP contribution in [0, 0.1) is 19.7 Å². The number of hydrogen-bond acceptors (Lipinski definition) is 3. The van der Waals surface area contributed by atoms with Gasteiger partial charge in [0.15, 0.2) is 0 Å². The van der Waals surface area contributed by atoms with Crippen LogP contribution >= 0.6 is 0 Å². The molecule has 5 nitrogen and oxygen atoms in total. The number of rotatable bonds is 4. The third-order valence-electron chi connectivity index (χ3n) is 6.34. The molecule has 4 aromatic carbocycles. The minimum Gasteiger partial charge on any atom is -0.273 e. The predicted molar refractivity (Wildman–Crippen MR) is 138 cm³/mol. The highest BCUT2D eigenvalue weighted by molar-refractivity contribution is 6.39. The van der Waals surface area contributed by atoms with Gasteiger partial charge in [-0.05, 0) is 83.1 Å². The molecule has 0 spiro atoms. The van der Waals surface area contributed by atoms with Crippen LogP contribution in [0.3, 0.4) is 0 Å². The maximum atomic E-state index is 13.9. The monoisotopic (exact) mass is 478 g/mol. The van der Waals surface area contributed by atoms with Crippen LogP contribution in [0.25, 0.3) is 16.8 Å². The average molecular weight is 479 g/mol. The number of carbonyl (C=O) groups excluding carboxylic acids is 3. The summed E-state index contributed by atoms with van der Waals surface area (Å²) in [5.41, 5.74) is 4.14. The van der Waals surface area contributed by atoms with E-state index in [1.165, 1.54) is 12.1 Å². The molecule has 5 rings (SSSR count). The Morgan fingerprint density at radius 1 is 0.889 bits per heavy atom. The Hall–Kier alpha value is -4.58. The molecule has 0 radical (unpaired) electrons. The Balaban J connectivity index is 1.66. The van der Waals surface area contributed by atoms with Crippen molar-refractivity contribution in [2.24, 2.45) is 0 Å².